The standard InChI is InChI=1S/C19H13BrN6S/c1-2-11-4-3-5-12(8-11)22-17-14(20)10-21-18(26-17)23-13-6-7-15-16(9-13)25-19(27)24-15/h1,3-10H,(H2,24,25,27)(H2,21,22,23,26). The molecule has 4 rings (SSSR count). The summed E-state index contributed by atoms with van der Waals surface area (Å²) in [6, 6.07) is 13.4. The highest BCUT2D eigenvalue weighted by molar-refractivity contribution is 9.10. The monoisotopic (exact) mass is 436 g/mol. The van der Waals surface area contributed by atoms with Gasteiger partial charge >= 0.3 is 0 Å². The average Bonchev–Trinajstić information content (AvgIpc) is 3.04. The Morgan fingerprint density at radius 3 is 2.70 bits per heavy atom. The maximum atomic E-state index is 5.46. The maximum absolute atomic E-state index is 5.46. The van der Waals surface area contributed by atoms with Crippen LogP contribution in [0.25, 0.3) is 11.0 Å². The summed E-state index contributed by atoms with van der Waals surface area (Å²) in [6.07, 6.45) is 7.14. The fraction of sp³-hybridized carbons (Fsp3) is 0. The average molecular weight is 437 g/mol. The van der Waals surface area contributed by atoms with Crippen molar-refractivity contribution in [1.29, 1.82) is 0 Å². The van der Waals surface area contributed by atoms with Crippen molar-refractivity contribution < 1.29 is 0 Å². The third-order valence-corrected chi connectivity index (χ3v) is 4.59. The number of nitrogens with zero attached hydrogens (tertiary/aromatic N) is 2. The van der Waals surface area contributed by atoms with E-state index in [9.17, 15) is 0 Å². The summed E-state index contributed by atoms with van der Waals surface area (Å²) in [5.41, 5.74) is 4.33. The van der Waals surface area contributed by atoms with Crippen LogP contribution in [0, 0.1) is 17.1 Å². The number of halogens is 1. The molecule has 0 aliphatic heterocycles. The van der Waals surface area contributed by atoms with E-state index in [-0.39, 0.29) is 0 Å². The van der Waals surface area contributed by atoms with Gasteiger partial charge in [0.2, 0.25) is 5.95 Å². The van der Waals surface area contributed by atoms with Crippen molar-refractivity contribution in [3.8, 4) is 12.3 Å². The molecule has 2 aromatic heterocycles. The van der Waals surface area contributed by atoms with E-state index >= 15 is 0 Å². The van der Waals surface area contributed by atoms with Gasteiger partial charge in [0.15, 0.2) is 4.77 Å². The fourth-order valence-corrected chi connectivity index (χ4v) is 3.09. The van der Waals surface area contributed by atoms with Crippen LogP contribution in [0.15, 0.2) is 53.1 Å². The Balaban J connectivity index is 1.60. The van der Waals surface area contributed by atoms with E-state index in [0.717, 1.165) is 32.4 Å². The summed E-state index contributed by atoms with van der Waals surface area (Å²) >= 11 is 8.58. The minimum Gasteiger partial charge on any atom is -0.339 e. The molecule has 132 valence electrons. The van der Waals surface area contributed by atoms with E-state index in [2.05, 4.69) is 52.4 Å². The maximum Gasteiger partial charge on any atom is 0.229 e. The molecule has 8 heteroatoms. The molecule has 0 aliphatic rings. The van der Waals surface area contributed by atoms with Crippen molar-refractivity contribution in [3.63, 3.8) is 0 Å². The second-order valence-electron chi connectivity index (χ2n) is 5.70. The summed E-state index contributed by atoms with van der Waals surface area (Å²) in [5, 5.41) is 6.45. The summed E-state index contributed by atoms with van der Waals surface area (Å²) < 4.78 is 1.33. The molecule has 0 radical (unpaired) electrons. The highest BCUT2D eigenvalue weighted by Gasteiger charge is 2.07. The summed E-state index contributed by atoms with van der Waals surface area (Å²) in [7, 11) is 0. The van der Waals surface area contributed by atoms with Crippen LogP contribution in [0.1, 0.15) is 5.56 Å². The summed E-state index contributed by atoms with van der Waals surface area (Å²) in [5.74, 6) is 3.71. The molecule has 0 spiro atoms. The lowest BCUT2D eigenvalue weighted by Gasteiger charge is -2.10. The molecule has 2 heterocycles. The number of fused-ring (bicyclic) bond motifs is 1. The zero-order valence-corrected chi connectivity index (χ0v) is 16.3. The first kappa shape index (κ1) is 17.3. The third kappa shape index (κ3) is 3.84. The van der Waals surface area contributed by atoms with Gasteiger partial charge in [-0.15, -0.1) is 6.42 Å². The van der Waals surface area contributed by atoms with Crippen LogP contribution in [0.2, 0.25) is 0 Å². The van der Waals surface area contributed by atoms with Crippen molar-refractivity contribution >= 4 is 62.3 Å². The minimum atomic E-state index is 0.460. The van der Waals surface area contributed by atoms with E-state index in [1.54, 1.807) is 6.20 Å². The van der Waals surface area contributed by atoms with Gasteiger partial charge in [-0.2, -0.15) is 4.98 Å². The fourth-order valence-electron chi connectivity index (χ4n) is 2.58. The second kappa shape index (κ2) is 7.23. The van der Waals surface area contributed by atoms with Gasteiger partial charge in [-0.05, 0) is 64.5 Å². The molecule has 0 fully saturated rings. The number of hydrogen-bond donors (Lipinski definition) is 4. The summed E-state index contributed by atoms with van der Waals surface area (Å²) in [6.45, 7) is 0. The Morgan fingerprint density at radius 1 is 1.04 bits per heavy atom. The molecule has 0 saturated heterocycles. The number of nitrogens with one attached hydrogen (secondary N) is 4. The minimum absolute atomic E-state index is 0.460. The van der Waals surface area contributed by atoms with Crippen LogP contribution in [-0.2, 0) is 0 Å². The number of hydrogen-bond acceptors (Lipinski definition) is 5. The van der Waals surface area contributed by atoms with Gasteiger partial charge < -0.3 is 20.6 Å². The number of terminal acetylenes is 1. The van der Waals surface area contributed by atoms with Crippen molar-refractivity contribution in [2.75, 3.05) is 10.6 Å². The number of imidazole rings is 1. The molecule has 0 saturated carbocycles. The van der Waals surface area contributed by atoms with E-state index in [1.807, 2.05) is 42.5 Å². The first-order valence-electron chi connectivity index (χ1n) is 7.96. The SMILES string of the molecule is C#Cc1cccc(Nc2nc(Nc3ccc4[nH]c(=S)[nH]c4c3)ncc2Br)c1. The van der Waals surface area contributed by atoms with Gasteiger partial charge in [-0.25, -0.2) is 4.98 Å². The molecule has 2 aromatic carbocycles. The molecule has 0 bridgehead atoms. The Labute approximate surface area is 168 Å². The van der Waals surface area contributed by atoms with Gasteiger partial charge in [-0.1, -0.05) is 12.0 Å². The number of aromatic amines is 2. The predicted octanol–water partition coefficient (Wildman–Crippen LogP) is 5.25. The van der Waals surface area contributed by atoms with Crippen molar-refractivity contribution in [1.82, 2.24) is 19.9 Å². The molecule has 0 amide bonds. The lowest BCUT2D eigenvalue weighted by atomic mass is 10.2. The van der Waals surface area contributed by atoms with E-state index in [4.69, 9.17) is 18.6 Å². The van der Waals surface area contributed by atoms with Gasteiger partial charge in [-0.3, -0.25) is 0 Å². The van der Waals surface area contributed by atoms with Gasteiger partial charge in [0.25, 0.3) is 0 Å². The second-order valence-corrected chi connectivity index (χ2v) is 6.97. The number of H-pyrrole nitrogens is 2. The first-order chi connectivity index (χ1) is 13.1. The largest absolute Gasteiger partial charge is 0.339 e. The van der Waals surface area contributed by atoms with Crippen LogP contribution in [-0.4, -0.2) is 19.9 Å². The normalized spacial score (nSPS) is 10.5. The van der Waals surface area contributed by atoms with Crippen LogP contribution < -0.4 is 10.6 Å². The topological polar surface area (TPSA) is 81.4 Å². The highest BCUT2D eigenvalue weighted by Crippen LogP contribution is 2.26. The number of rotatable bonds is 4. The Bertz CT molecular complexity index is 1240. The lowest BCUT2D eigenvalue weighted by molar-refractivity contribution is 1.15. The highest BCUT2D eigenvalue weighted by atomic mass is 79.9. The van der Waals surface area contributed by atoms with Crippen molar-refractivity contribution in [2.45, 2.75) is 0 Å². The number of anilines is 4. The van der Waals surface area contributed by atoms with Crippen LogP contribution >= 0.6 is 28.1 Å². The Kier molecular flexibility index (Phi) is 4.62. The molecule has 27 heavy (non-hydrogen) atoms. The van der Waals surface area contributed by atoms with Crippen molar-refractivity contribution in [3.05, 3.63) is 63.5 Å². The molecule has 6 nitrogen and oxygen atoms in total. The molecule has 4 aromatic rings. The Morgan fingerprint density at radius 2 is 1.85 bits per heavy atom. The molecule has 0 atom stereocenters. The van der Waals surface area contributed by atoms with E-state index in [1.165, 1.54) is 0 Å². The Hall–Kier alpha value is -3.15. The van der Waals surface area contributed by atoms with Gasteiger partial charge in [0.05, 0.1) is 15.5 Å². The van der Waals surface area contributed by atoms with E-state index < -0.39 is 0 Å². The number of benzene rings is 2. The van der Waals surface area contributed by atoms with Crippen LogP contribution in [0.4, 0.5) is 23.1 Å². The molecular weight excluding hydrogens is 424 g/mol. The lowest BCUT2D eigenvalue weighted by Crippen LogP contribution is -2.01. The molecular formula is C19H13BrN6S. The van der Waals surface area contributed by atoms with Crippen LogP contribution in [0.5, 0.6) is 0 Å². The van der Waals surface area contributed by atoms with Crippen LogP contribution in [0.3, 0.4) is 0 Å². The van der Waals surface area contributed by atoms with Crippen molar-refractivity contribution in [2.24, 2.45) is 0 Å². The molecule has 0 aliphatic carbocycles. The summed E-state index contributed by atoms with van der Waals surface area (Å²) in [4.78, 5) is 15.0. The molecule has 4 N–H and O–H groups in total. The van der Waals surface area contributed by atoms with Gasteiger partial charge in [0.1, 0.15) is 5.82 Å². The zero-order valence-electron chi connectivity index (χ0n) is 13.9. The van der Waals surface area contributed by atoms with E-state index in [0.29, 0.717) is 16.5 Å². The quantitative estimate of drug-likeness (QED) is 0.259. The van der Waals surface area contributed by atoms with Gasteiger partial charge in [0, 0.05) is 23.1 Å². The third-order valence-electron chi connectivity index (χ3n) is 3.81. The zero-order chi connectivity index (χ0) is 18.8. The first-order valence-corrected chi connectivity index (χ1v) is 9.16. The smallest absolute Gasteiger partial charge is 0.229 e. The predicted molar refractivity (Wildman–Crippen MR) is 114 cm³/mol. The number of aromatic nitrogens is 4. The molecule has 0 unspecified atom stereocenters.